The third kappa shape index (κ3) is 3.60. The normalized spacial score (nSPS) is 21.3. The minimum atomic E-state index is -0.631. The van der Waals surface area contributed by atoms with Gasteiger partial charge in [0.25, 0.3) is 11.8 Å². The monoisotopic (exact) mass is 382 g/mol. The zero-order valence-corrected chi connectivity index (χ0v) is 15.7. The lowest BCUT2D eigenvalue weighted by Gasteiger charge is -2.38. The summed E-state index contributed by atoms with van der Waals surface area (Å²) in [6, 6.07) is 5.42. The molecule has 9 nitrogen and oxygen atoms in total. The standard InChI is InChI=1S/C19H22N6O3/c1-24-16(5-8-22-24)18(27)25-9-3-6-19(13-25)10-15(23-28-19)17(26)21-12-14-4-2-7-20-11-14/h2,4-5,7-8,11H,3,6,9-10,12-13H2,1H3,(H,21,26)/t19-/m0/s1. The number of hydrogen-bond acceptors (Lipinski definition) is 6. The van der Waals surface area contributed by atoms with Crippen LogP contribution in [0.15, 0.2) is 41.9 Å². The Morgan fingerprint density at radius 1 is 1.32 bits per heavy atom. The number of nitrogens with one attached hydrogen (secondary N) is 1. The van der Waals surface area contributed by atoms with Gasteiger partial charge in [0, 0.05) is 45.1 Å². The maximum atomic E-state index is 12.8. The van der Waals surface area contributed by atoms with Crippen LogP contribution in [0.3, 0.4) is 0 Å². The molecule has 0 aromatic carbocycles. The fraction of sp³-hybridized carbons (Fsp3) is 0.421. The first-order chi connectivity index (χ1) is 13.6. The van der Waals surface area contributed by atoms with Gasteiger partial charge in [0.05, 0.1) is 6.54 Å². The van der Waals surface area contributed by atoms with Crippen LogP contribution < -0.4 is 5.32 Å². The van der Waals surface area contributed by atoms with Crippen LogP contribution in [-0.2, 0) is 23.2 Å². The smallest absolute Gasteiger partial charge is 0.272 e. The lowest BCUT2D eigenvalue weighted by atomic mass is 9.88. The Morgan fingerprint density at radius 2 is 2.21 bits per heavy atom. The molecule has 2 aliphatic heterocycles. The summed E-state index contributed by atoms with van der Waals surface area (Å²) in [5.74, 6) is -0.340. The Bertz CT molecular complexity index is 909. The number of aromatic nitrogens is 3. The number of likely N-dealkylation sites (tertiary alicyclic amines) is 1. The number of carbonyl (C=O) groups is 2. The molecular weight excluding hydrogens is 360 g/mol. The van der Waals surface area contributed by atoms with Crippen molar-refractivity contribution in [3.8, 4) is 0 Å². The number of aryl methyl sites for hydroxylation is 1. The molecule has 1 atom stereocenters. The van der Waals surface area contributed by atoms with Gasteiger partial charge in [-0.05, 0) is 30.5 Å². The minimum absolute atomic E-state index is 0.0860. The van der Waals surface area contributed by atoms with E-state index in [2.05, 4.69) is 20.6 Å². The topological polar surface area (TPSA) is 102 Å². The summed E-state index contributed by atoms with van der Waals surface area (Å²) in [6.45, 7) is 1.43. The second-order valence-electron chi connectivity index (χ2n) is 7.20. The Labute approximate surface area is 162 Å². The summed E-state index contributed by atoms with van der Waals surface area (Å²) in [7, 11) is 1.74. The van der Waals surface area contributed by atoms with E-state index in [1.54, 1.807) is 41.3 Å². The van der Waals surface area contributed by atoms with Crippen molar-refractivity contribution in [3.05, 3.63) is 48.0 Å². The Hall–Kier alpha value is -3.23. The Kier molecular flexibility index (Phi) is 4.81. The molecule has 1 spiro atoms. The first-order valence-electron chi connectivity index (χ1n) is 9.26. The molecule has 1 saturated heterocycles. The predicted molar refractivity (Wildman–Crippen MR) is 100 cm³/mol. The average molecular weight is 382 g/mol. The molecule has 4 rings (SSSR count). The molecular formula is C19H22N6O3. The number of piperidine rings is 1. The summed E-state index contributed by atoms with van der Waals surface area (Å²) in [5, 5.41) is 10.9. The van der Waals surface area contributed by atoms with Crippen LogP contribution in [0.5, 0.6) is 0 Å². The van der Waals surface area contributed by atoms with Crippen molar-refractivity contribution in [2.45, 2.75) is 31.4 Å². The molecule has 0 saturated carbocycles. The molecule has 28 heavy (non-hydrogen) atoms. The van der Waals surface area contributed by atoms with Crippen LogP contribution in [0.4, 0.5) is 0 Å². The zero-order chi connectivity index (χ0) is 19.6. The highest BCUT2D eigenvalue weighted by molar-refractivity contribution is 6.39. The number of pyridine rings is 1. The van der Waals surface area contributed by atoms with E-state index in [9.17, 15) is 9.59 Å². The quantitative estimate of drug-likeness (QED) is 0.846. The van der Waals surface area contributed by atoms with Crippen LogP contribution in [0.25, 0.3) is 0 Å². The molecule has 2 aromatic rings. The van der Waals surface area contributed by atoms with Crippen molar-refractivity contribution in [1.82, 2.24) is 25.0 Å². The zero-order valence-electron chi connectivity index (χ0n) is 15.7. The highest BCUT2D eigenvalue weighted by Gasteiger charge is 2.45. The van der Waals surface area contributed by atoms with E-state index in [-0.39, 0.29) is 11.8 Å². The van der Waals surface area contributed by atoms with Crippen LogP contribution in [0.1, 0.15) is 35.3 Å². The highest BCUT2D eigenvalue weighted by atomic mass is 16.7. The number of carbonyl (C=O) groups excluding carboxylic acids is 2. The number of nitrogens with zero attached hydrogens (tertiary/aromatic N) is 5. The van der Waals surface area contributed by atoms with Gasteiger partial charge in [-0.2, -0.15) is 5.10 Å². The Morgan fingerprint density at radius 3 is 2.96 bits per heavy atom. The Balaban J connectivity index is 1.37. The lowest BCUT2D eigenvalue weighted by Crippen LogP contribution is -2.51. The average Bonchev–Trinajstić information content (AvgIpc) is 3.33. The van der Waals surface area contributed by atoms with Crippen molar-refractivity contribution in [2.75, 3.05) is 13.1 Å². The number of amides is 2. The van der Waals surface area contributed by atoms with E-state index in [1.165, 1.54) is 0 Å². The van der Waals surface area contributed by atoms with Gasteiger partial charge < -0.3 is 15.1 Å². The third-order valence-corrected chi connectivity index (χ3v) is 5.14. The molecule has 0 aliphatic carbocycles. The molecule has 2 aromatic heterocycles. The molecule has 0 radical (unpaired) electrons. The summed E-state index contributed by atoms with van der Waals surface area (Å²) in [6.07, 6.45) is 6.94. The van der Waals surface area contributed by atoms with Crippen molar-refractivity contribution < 1.29 is 14.4 Å². The summed E-state index contributed by atoms with van der Waals surface area (Å²) in [5.41, 5.74) is 1.17. The first-order valence-corrected chi connectivity index (χ1v) is 9.26. The fourth-order valence-corrected chi connectivity index (χ4v) is 3.67. The van der Waals surface area contributed by atoms with Crippen molar-refractivity contribution in [3.63, 3.8) is 0 Å². The maximum absolute atomic E-state index is 12.8. The molecule has 0 bridgehead atoms. The summed E-state index contributed by atoms with van der Waals surface area (Å²) >= 11 is 0. The second kappa shape index (κ2) is 7.41. The first kappa shape index (κ1) is 18.1. The van der Waals surface area contributed by atoms with Gasteiger partial charge in [-0.1, -0.05) is 11.2 Å². The van der Waals surface area contributed by atoms with Gasteiger partial charge in [-0.25, -0.2) is 0 Å². The molecule has 1 N–H and O–H groups in total. The molecule has 146 valence electrons. The van der Waals surface area contributed by atoms with Crippen LogP contribution in [-0.4, -0.2) is 55.9 Å². The van der Waals surface area contributed by atoms with Gasteiger partial charge in [0.15, 0.2) is 5.60 Å². The maximum Gasteiger partial charge on any atom is 0.272 e. The molecule has 1 fully saturated rings. The van der Waals surface area contributed by atoms with Gasteiger partial charge in [-0.15, -0.1) is 0 Å². The van der Waals surface area contributed by atoms with Gasteiger partial charge in [0.2, 0.25) is 0 Å². The van der Waals surface area contributed by atoms with E-state index >= 15 is 0 Å². The molecule has 9 heteroatoms. The summed E-state index contributed by atoms with van der Waals surface area (Å²) < 4.78 is 1.56. The minimum Gasteiger partial charge on any atom is -0.386 e. The summed E-state index contributed by atoms with van der Waals surface area (Å²) in [4.78, 5) is 36.7. The van der Waals surface area contributed by atoms with E-state index in [0.717, 1.165) is 18.4 Å². The number of rotatable bonds is 4. The predicted octanol–water partition coefficient (Wildman–Crippen LogP) is 0.883. The van der Waals surface area contributed by atoms with Crippen LogP contribution in [0, 0.1) is 0 Å². The molecule has 0 unspecified atom stereocenters. The van der Waals surface area contributed by atoms with Crippen LogP contribution in [0.2, 0.25) is 0 Å². The van der Waals surface area contributed by atoms with E-state index in [1.807, 2.05) is 12.1 Å². The SMILES string of the molecule is Cn1nccc1C(=O)N1CCC[C@]2(CC(C(=O)NCc3cccnc3)=NO2)C1. The van der Waals surface area contributed by atoms with Crippen molar-refractivity contribution in [2.24, 2.45) is 12.2 Å². The molecule has 2 amide bonds. The second-order valence-corrected chi connectivity index (χ2v) is 7.20. The fourth-order valence-electron chi connectivity index (χ4n) is 3.67. The number of hydrogen-bond donors (Lipinski definition) is 1. The van der Waals surface area contributed by atoms with E-state index in [4.69, 9.17) is 4.84 Å². The van der Waals surface area contributed by atoms with Crippen LogP contribution >= 0.6 is 0 Å². The van der Waals surface area contributed by atoms with Gasteiger partial charge in [0.1, 0.15) is 11.4 Å². The molecule has 2 aliphatic rings. The van der Waals surface area contributed by atoms with E-state index in [0.29, 0.717) is 37.5 Å². The number of oxime groups is 1. The van der Waals surface area contributed by atoms with E-state index < -0.39 is 5.60 Å². The van der Waals surface area contributed by atoms with Gasteiger partial charge in [-0.3, -0.25) is 19.3 Å². The lowest BCUT2D eigenvalue weighted by molar-refractivity contribution is -0.115. The largest absolute Gasteiger partial charge is 0.386 e. The third-order valence-electron chi connectivity index (χ3n) is 5.14. The molecule has 4 heterocycles. The highest BCUT2D eigenvalue weighted by Crippen LogP contribution is 2.34. The van der Waals surface area contributed by atoms with Gasteiger partial charge >= 0.3 is 0 Å². The van der Waals surface area contributed by atoms with Crippen molar-refractivity contribution in [1.29, 1.82) is 0 Å². The van der Waals surface area contributed by atoms with Crippen molar-refractivity contribution >= 4 is 17.5 Å².